The summed E-state index contributed by atoms with van der Waals surface area (Å²) in [6.45, 7) is 0. The van der Waals surface area contributed by atoms with Crippen LogP contribution < -0.4 is 9.62 Å². The molecule has 1 heterocycles. The van der Waals surface area contributed by atoms with E-state index in [9.17, 15) is 9.00 Å². The van der Waals surface area contributed by atoms with Crippen LogP contribution in [0, 0.1) is 0 Å². The van der Waals surface area contributed by atoms with Crippen LogP contribution in [0.2, 0.25) is 0 Å². The maximum Gasteiger partial charge on any atom is 0.298 e. The third-order valence-corrected chi connectivity index (χ3v) is 5.73. The summed E-state index contributed by atoms with van der Waals surface area (Å²) in [7, 11) is 2.14. The lowest BCUT2D eigenvalue weighted by atomic mass is 10.1. The topological polar surface area (TPSA) is 62.6 Å². The number of anilines is 1. The third-order valence-electron chi connectivity index (χ3n) is 4.60. The second-order valence-corrected chi connectivity index (χ2v) is 7.97. The number of hydrogen-bond acceptors (Lipinski definition) is 4. The minimum Gasteiger partial charge on any atom is -0.451 e. The van der Waals surface area contributed by atoms with Gasteiger partial charge in [-0.2, -0.15) is 0 Å². The predicted octanol–water partition coefficient (Wildman–Crippen LogP) is 4.62. The zero-order chi connectivity index (χ0) is 20.4. The van der Waals surface area contributed by atoms with Gasteiger partial charge in [0.2, 0.25) is 0 Å². The molecule has 0 radical (unpaired) electrons. The molecule has 1 atom stereocenters. The molecule has 0 aliphatic rings. The van der Waals surface area contributed by atoms with Crippen molar-refractivity contribution in [3.8, 4) is 11.1 Å². The lowest BCUT2D eigenvalue weighted by Crippen LogP contribution is -2.25. The number of fused-ring (bicyclic) bond motifs is 1. The molecule has 1 unspecified atom stereocenters. The van der Waals surface area contributed by atoms with Gasteiger partial charge in [-0.1, -0.05) is 48.5 Å². The summed E-state index contributed by atoms with van der Waals surface area (Å²) < 4.78 is 21.2. The lowest BCUT2D eigenvalue weighted by molar-refractivity contribution is 0.0958. The summed E-state index contributed by atoms with van der Waals surface area (Å²) >= 11 is 0. The van der Waals surface area contributed by atoms with Crippen molar-refractivity contribution < 1.29 is 13.4 Å². The summed E-state index contributed by atoms with van der Waals surface area (Å²) in [5.74, 6) is -0.393. The third kappa shape index (κ3) is 3.93. The Bertz CT molecular complexity index is 1200. The zero-order valence-corrected chi connectivity index (χ0v) is 16.9. The number of rotatable bonds is 5. The van der Waals surface area contributed by atoms with E-state index >= 15 is 0 Å². The van der Waals surface area contributed by atoms with Crippen LogP contribution in [-0.4, -0.2) is 24.2 Å². The first-order valence-corrected chi connectivity index (χ1v) is 10.3. The van der Waals surface area contributed by atoms with E-state index in [1.807, 2.05) is 79.7 Å². The molecule has 6 heteroatoms. The zero-order valence-electron chi connectivity index (χ0n) is 16.1. The number of benzene rings is 3. The van der Waals surface area contributed by atoms with Gasteiger partial charge in [-0.25, -0.2) is 4.21 Å². The van der Waals surface area contributed by atoms with Crippen LogP contribution in [0.5, 0.6) is 0 Å². The molecule has 5 nitrogen and oxygen atoms in total. The Balaban J connectivity index is 1.60. The highest BCUT2D eigenvalue weighted by Crippen LogP contribution is 2.27. The first-order valence-electron chi connectivity index (χ1n) is 9.11. The molecule has 1 N–H and O–H groups in total. The molecule has 4 aromatic rings. The fraction of sp³-hybridized carbons (Fsp3) is 0.0870. The molecule has 0 saturated carbocycles. The fourth-order valence-corrected chi connectivity index (χ4v) is 4.05. The molecule has 0 aliphatic carbocycles. The Kier molecular flexibility index (Phi) is 5.18. The standard InChI is InChI=1S/C23H20N2O3S/c1-25(2)18-13-12-17-14-21(28-20(17)15-18)23(26)24-29(27)22-11-7-6-10-19(22)16-8-4-3-5-9-16/h3-15H,1-2H3,(H,24,26). The van der Waals surface area contributed by atoms with Crippen molar-refractivity contribution in [1.29, 1.82) is 0 Å². The van der Waals surface area contributed by atoms with E-state index in [4.69, 9.17) is 4.42 Å². The summed E-state index contributed by atoms with van der Waals surface area (Å²) in [5, 5.41) is 0.816. The molecule has 3 aromatic carbocycles. The summed E-state index contributed by atoms with van der Waals surface area (Å²) in [6, 6.07) is 24.3. The minimum absolute atomic E-state index is 0.126. The van der Waals surface area contributed by atoms with Gasteiger partial charge in [0.1, 0.15) is 5.58 Å². The number of carbonyl (C=O) groups excluding carboxylic acids is 1. The Morgan fingerprint density at radius 1 is 0.931 bits per heavy atom. The van der Waals surface area contributed by atoms with Gasteiger partial charge in [-0.3, -0.25) is 9.52 Å². The average Bonchev–Trinajstić information content (AvgIpc) is 3.18. The van der Waals surface area contributed by atoms with E-state index < -0.39 is 16.9 Å². The van der Waals surface area contributed by atoms with Crippen LogP contribution in [0.3, 0.4) is 0 Å². The van der Waals surface area contributed by atoms with Crippen LogP contribution in [0.1, 0.15) is 10.6 Å². The monoisotopic (exact) mass is 404 g/mol. The second kappa shape index (κ2) is 7.93. The van der Waals surface area contributed by atoms with Gasteiger partial charge in [-0.05, 0) is 35.4 Å². The van der Waals surface area contributed by atoms with Gasteiger partial charge >= 0.3 is 0 Å². The molecular formula is C23H20N2O3S. The predicted molar refractivity (Wildman–Crippen MR) is 116 cm³/mol. The van der Waals surface area contributed by atoms with Crippen molar-refractivity contribution in [1.82, 2.24) is 4.72 Å². The molecule has 146 valence electrons. The maximum absolute atomic E-state index is 12.9. The Morgan fingerprint density at radius 2 is 1.66 bits per heavy atom. The fourth-order valence-electron chi connectivity index (χ4n) is 3.08. The van der Waals surface area contributed by atoms with Gasteiger partial charge in [0.05, 0.1) is 4.90 Å². The smallest absolute Gasteiger partial charge is 0.298 e. The molecule has 0 bridgehead atoms. The van der Waals surface area contributed by atoms with Crippen LogP contribution in [-0.2, 0) is 11.0 Å². The first kappa shape index (κ1) is 19.0. The van der Waals surface area contributed by atoms with E-state index in [-0.39, 0.29) is 5.76 Å². The van der Waals surface area contributed by atoms with Crippen molar-refractivity contribution in [2.75, 3.05) is 19.0 Å². The van der Waals surface area contributed by atoms with Crippen LogP contribution in [0.25, 0.3) is 22.1 Å². The number of nitrogens with zero attached hydrogens (tertiary/aromatic N) is 1. The van der Waals surface area contributed by atoms with Crippen molar-refractivity contribution in [2.45, 2.75) is 4.90 Å². The molecule has 1 amide bonds. The largest absolute Gasteiger partial charge is 0.451 e. The lowest BCUT2D eigenvalue weighted by Gasteiger charge is -2.11. The van der Waals surface area contributed by atoms with E-state index in [2.05, 4.69) is 4.72 Å². The molecule has 29 heavy (non-hydrogen) atoms. The average molecular weight is 404 g/mol. The molecule has 0 saturated heterocycles. The summed E-state index contributed by atoms with van der Waals surface area (Å²) in [5.41, 5.74) is 3.33. The van der Waals surface area contributed by atoms with Crippen molar-refractivity contribution in [3.05, 3.63) is 84.6 Å². The van der Waals surface area contributed by atoms with Crippen molar-refractivity contribution >= 4 is 33.5 Å². The van der Waals surface area contributed by atoms with Gasteiger partial charge in [0.15, 0.2) is 16.7 Å². The van der Waals surface area contributed by atoms with E-state index in [1.165, 1.54) is 0 Å². The highest BCUT2D eigenvalue weighted by molar-refractivity contribution is 7.83. The summed E-state index contributed by atoms with van der Waals surface area (Å²) in [4.78, 5) is 15.2. The highest BCUT2D eigenvalue weighted by atomic mass is 32.2. The van der Waals surface area contributed by atoms with E-state index in [0.717, 1.165) is 22.2 Å². The molecule has 0 aliphatic heterocycles. The number of furan rings is 1. The molecular weight excluding hydrogens is 384 g/mol. The number of carbonyl (C=O) groups is 1. The second-order valence-electron chi connectivity index (χ2n) is 6.79. The minimum atomic E-state index is -1.73. The van der Waals surface area contributed by atoms with Crippen molar-refractivity contribution in [3.63, 3.8) is 0 Å². The summed E-state index contributed by atoms with van der Waals surface area (Å²) in [6.07, 6.45) is 0. The van der Waals surface area contributed by atoms with Crippen LogP contribution in [0.4, 0.5) is 5.69 Å². The van der Waals surface area contributed by atoms with E-state index in [0.29, 0.717) is 10.5 Å². The van der Waals surface area contributed by atoms with Crippen LogP contribution in [0.15, 0.2) is 88.2 Å². The van der Waals surface area contributed by atoms with E-state index in [1.54, 1.807) is 18.2 Å². The molecule has 0 spiro atoms. The number of hydrogen-bond donors (Lipinski definition) is 1. The maximum atomic E-state index is 12.9. The number of amides is 1. The van der Waals surface area contributed by atoms with Gasteiger partial charge in [0, 0.05) is 31.2 Å². The SMILES string of the molecule is CN(C)c1ccc2cc(C(=O)NS(=O)c3ccccc3-c3ccccc3)oc2c1. The Labute approximate surface area is 171 Å². The molecule has 4 rings (SSSR count). The Morgan fingerprint density at radius 3 is 2.41 bits per heavy atom. The number of nitrogens with one attached hydrogen (secondary N) is 1. The van der Waals surface area contributed by atoms with Gasteiger partial charge < -0.3 is 9.32 Å². The highest BCUT2D eigenvalue weighted by Gasteiger charge is 2.18. The normalized spacial score (nSPS) is 11.9. The van der Waals surface area contributed by atoms with Gasteiger partial charge in [-0.15, -0.1) is 0 Å². The molecule has 1 aromatic heterocycles. The Hall–Kier alpha value is -3.38. The van der Waals surface area contributed by atoms with Gasteiger partial charge in [0.25, 0.3) is 5.91 Å². The quantitative estimate of drug-likeness (QED) is 0.527. The molecule has 0 fully saturated rings. The van der Waals surface area contributed by atoms with Crippen molar-refractivity contribution in [2.24, 2.45) is 0 Å². The van der Waals surface area contributed by atoms with Crippen LogP contribution >= 0.6 is 0 Å². The first-order chi connectivity index (χ1) is 14.0.